The van der Waals surface area contributed by atoms with Crippen LogP contribution in [-0.2, 0) is 13.2 Å². The monoisotopic (exact) mass is 381 g/mol. The lowest BCUT2D eigenvalue weighted by Crippen LogP contribution is -2.16. The van der Waals surface area contributed by atoms with E-state index in [2.05, 4.69) is 20.3 Å². The molecule has 0 spiro atoms. The summed E-state index contributed by atoms with van der Waals surface area (Å²) in [5.41, 5.74) is 0.227. The summed E-state index contributed by atoms with van der Waals surface area (Å²) >= 11 is 0. The van der Waals surface area contributed by atoms with Crippen molar-refractivity contribution in [3.63, 3.8) is 0 Å². The Balaban J connectivity index is 1.94. The van der Waals surface area contributed by atoms with Crippen LogP contribution in [0.4, 0.5) is 18.9 Å². The lowest BCUT2D eigenvalue weighted by molar-refractivity contribution is -0.146. The summed E-state index contributed by atoms with van der Waals surface area (Å²) < 4.78 is 45.2. The number of alkyl halides is 3. The zero-order chi connectivity index (χ0) is 19.6. The molecule has 0 aliphatic carbocycles. The van der Waals surface area contributed by atoms with Crippen molar-refractivity contribution < 1.29 is 27.8 Å². The van der Waals surface area contributed by atoms with Crippen LogP contribution in [0.2, 0.25) is 0 Å². The van der Waals surface area contributed by atoms with Gasteiger partial charge in [-0.25, -0.2) is 9.97 Å². The van der Waals surface area contributed by atoms with Gasteiger partial charge in [0.2, 0.25) is 11.7 Å². The Kier molecular flexibility index (Phi) is 4.95. The fourth-order valence-corrected chi connectivity index (χ4v) is 2.51. The maximum atomic E-state index is 13.1. The van der Waals surface area contributed by atoms with E-state index in [1.165, 1.54) is 31.6 Å². The predicted octanol–water partition coefficient (Wildman–Crippen LogP) is 2.01. The molecular formula is C16H14F3N5O3. The molecule has 0 aromatic carbocycles. The first-order valence-corrected chi connectivity index (χ1v) is 7.70. The van der Waals surface area contributed by atoms with E-state index in [1.54, 1.807) is 0 Å². The van der Waals surface area contributed by atoms with Gasteiger partial charge in [-0.05, 0) is 6.07 Å². The number of aliphatic hydroxyl groups excluding tert-OH is 1. The van der Waals surface area contributed by atoms with Crippen LogP contribution in [0.3, 0.4) is 0 Å². The van der Waals surface area contributed by atoms with E-state index in [9.17, 15) is 18.0 Å². The Morgan fingerprint density at radius 3 is 2.85 bits per heavy atom. The largest absolute Gasteiger partial charge is 0.475 e. The fraction of sp³-hybridized carbons (Fsp3) is 0.250. The number of hydrogen-bond acceptors (Lipinski definition) is 6. The lowest BCUT2D eigenvalue weighted by atomic mass is 10.2. The minimum atomic E-state index is -4.66. The zero-order valence-electron chi connectivity index (χ0n) is 14.0. The number of amides is 1. The maximum absolute atomic E-state index is 13.1. The predicted molar refractivity (Wildman–Crippen MR) is 88.3 cm³/mol. The fourth-order valence-electron chi connectivity index (χ4n) is 2.51. The van der Waals surface area contributed by atoms with Crippen LogP contribution in [0, 0.1) is 0 Å². The number of halogens is 3. The number of pyridine rings is 2. The number of ether oxygens (including phenoxy) is 1. The van der Waals surface area contributed by atoms with Gasteiger partial charge in [-0.15, -0.1) is 0 Å². The molecule has 0 saturated carbocycles. The third kappa shape index (κ3) is 3.82. The van der Waals surface area contributed by atoms with Crippen molar-refractivity contribution in [2.45, 2.75) is 6.18 Å². The molecular weight excluding hydrogens is 367 g/mol. The van der Waals surface area contributed by atoms with Gasteiger partial charge in [-0.2, -0.15) is 13.2 Å². The van der Waals surface area contributed by atoms with Gasteiger partial charge in [0.05, 0.1) is 23.9 Å². The SMILES string of the molecule is Cn1c(C(F)(F)F)nc2cncc(C(=O)Nc3ccnc(OCCO)c3)c21. The van der Waals surface area contributed by atoms with Crippen molar-refractivity contribution in [2.75, 3.05) is 18.5 Å². The number of carbonyl (C=O) groups is 1. The summed E-state index contributed by atoms with van der Waals surface area (Å²) in [6, 6.07) is 2.91. The molecule has 0 atom stereocenters. The number of anilines is 1. The third-order valence-corrected chi connectivity index (χ3v) is 3.61. The van der Waals surface area contributed by atoms with Gasteiger partial charge in [0.25, 0.3) is 5.91 Å². The first-order chi connectivity index (χ1) is 12.8. The molecule has 0 saturated heterocycles. The zero-order valence-corrected chi connectivity index (χ0v) is 14.0. The molecule has 11 heteroatoms. The summed E-state index contributed by atoms with van der Waals surface area (Å²) in [5.74, 6) is -1.61. The van der Waals surface area contributed by atoms with E-state index in [-0.39, 0.29) is 35.7 Å². The number of carbonyl (C=O) groups excluding carboxylic acids is 1. The van der Waals surface area contributed by atoms with E-state index in [0.717, 1.165) is 10.8 Å². The maximum Gasteiger partial charge on any atom is 0.449 e. The Hall–Kier alpha value is -3.21. The van der Waals surface area contributed by atoms with Gasteiger partial charge < -0.3 is 19.7 Å². The van der Waals surface area contributed by atoms with Gasteiger partial charge in [-0.3, -0.25) is 9.78 Å². The number of rotatable bonds is 5. The average Bonchev–Trinajstić information content (AvgIpc) is 2.97. The normalized spacial score (nSPS) is 11.6. The second-order valence-corrected chi connectivity index (χ2v) is 5.46. The molecule has 0 aliphatic heterocycles. The van der Waals surface area contributed by atoms with Gasteiger partial charge in [-0.1, -0.05) is 0 Å². The van der Waals surface area contributed by atoms with Crippen LogP contribution in [0.1, 0.15) is 16.2 Å². The number of aliphatic hydroxyl groups is 1. The highest BCUT2D eigenvalue weighted by Gasteiger charge is 2.37. The molecule has 3 rings (SSSR count). The molecule has 142 valence electrons. The number of fused-ring (bicyclic) bond motifs is 1. The Bertz CT molecular complexity index is 987. The molecule has 8 nitrogen and oxygen atoms in total. The molecule has 0 aliphatic rings. The second-order valence-electron chi connectivity index (χ2n) is 5.46. The minimum absolute atomic E-state index is 0.0145. The highest BCUT2D eigenvalue weighted by Crippen LogP contribution is 2.31. The Morgan fingerprint density at radius 1 is 1.37 bits per heavy atom. The standard InChI is InChI=1S/C16H14F3N5O3/c1-24-13-10(7-20-8-11(13)23-15(24)16(17,18)19)14(26)22-9-2-3-21-12(6-9)27-5-4-25/h2-3,6-8,25H,4-5H2,1H3,(H,21,22,26). The molecule has 3 aromatic heterocycles. The first kappa shape index (κ1) is 18.6. The van der Waals surface area contributed by atoms with Crippen LogP contribution in [0.5, 0.6) is 5.88 Å². The van der Waals surface area contributed by atoms with Crippen LogP contribution >= 0.6 is 0 Å². The second kappa shape index (κ2) is 7.19. The summed E-state index contributed by atoms with van der Waals surface area (Å²) in [4.78, 5) is 23.8. The molecule has 3 aromatic rings. The molecule has 0 fully saturated rings. The number of nitrogens with one attached hydrogen (secondary N) is 1. The van der Waals surface area contributed by atoms with Crippen molar-refractivity contribution in [1.29, 1.82) is 0 Å². The van der Waals surface area contributed by atoms with E-state index in [1.807, 2.05) is 0 Å². The van der Waals surface area contributed by atoms with Gasteiger partial charge in [0.1, 0.15) is 12.1 Å². The summed E-state index contributed by atoms with van der Waals surface area (Å²) in [7, 11) is 1.18. The summed E-state index contributed by atoms with van der Waals surface area (Å²) in [6.07, 6.45) is -0.947. The number of aromatic nitrogens is 4. The topological polar surface area (TPSA) is 102 Å². The minimum Gasteiger partial charge on any atom is -0.475 e. The van der Waals surface area contributed by atoms with Gasteiger partial charge in [0, 0.05) is 31.2 Å². The van der Waals surface area contributed by atoms with Crippen molar-refractivity contribution in [3.05, 3.63) is 42.1 Å². The van der Waals surface area contributed by atoms with E-state index < -0.39 is 17.9 Å². The Labute approximate surface area is 150 Å². The van der Waals surface area contributed by atoms with Gasteiger partial charge in [0.15, 0.2) is 0 Å². The highest BCUT2D eigenvalue weighted by atomic mass is 19.4. The van der Waals surface area contributed by atoms with Crippen molar-refractivity contribution >= 4 is 22.6 Å². The van der Waals surface area contributed by atoms with Crippen LogP contribution in [-0.4, -0.2) is 43.7 Å². The molecule has 3 heterocycles. The molecule has 0 bridgehead atoms. The quantitative estimate of drug-likeness (QED) is 0.701. The number of hydrogen-bond donors (Lipinski definition) is 2. The van der Waals surface area contributed by atoms with Crippen LogP contribution < -0.4 is 10.1 Å². The van der Waals surface area contributed by atoms with E-state index in [4.69, 9.17) is 9.84 Å². The van der Waals surface area contributed by atoms with Crippen molar-refractivity contribution in [2.24, 2.45) is 7.05 Å². The number of aryl methyl sites for hydroxylation is 1. The summed E-state index contributed by atoms with van der Waals surface area (Å²) in [6.45, 7) is -0.170. The first-order valence-electron chi connectivity index (χ1n) is 7.70. The molecule has 1 amide bonds. The molecule has 0 radical (unpaired) electrons. The van der Waals surface area contributed by atoms with Gasteiger partial charge >= 0.3 is 6.18 Å². The highest BCUT2D eigenvalue weighted by molar-refractivity contribution is 6.11. The smallest absolute Gasteiger partial charge is 0.449 e. The molecule has 2 N–H and O–H groups in total. The van der Waals surface area contributed by atoms with Crippen molar-refractivity contribution in [1.82, 2.24) is 19.5 Å². The van der Waals surface area contributed by atoms with Crippen LogP contribution in [0.25, 0.3) is 11.0 Å². The van der Waals surface area contributed by atoms with Crippen molar-refractivity contribution in [3.8, 4) is 5.88 Å². The Morgan fingerprint density at radius 2 is 2.15 bits per heavy atom. The molecule has 0 unspecified atom stereocenters. The number of nitrogens with zero attached hydrogens (tertiary/aromatic N) is 4. The van der Waals surface area contributed by atoms with E-state index >= 15 is 0 Å². The third-order valence-electron chi connectivity index (χ3n) is 3.61. The number of imidazole rings is 1. The average molecular weight is 381 g/mol. The summed E-state index contributed by atoms with van der Waals surface area (Å²) in [5, 5.41) is 11.3. The molecule has 27 heavy (non-hydrogen) atoms. The lowest BCUT2D eigenvalue weighted by Gasteiger charge is -2.10. The van der Waals surface area contributed by atoms with E-state index in [0.29, 0.717) is 5.69 Å². The van der Waals surface area contributed by atoms with Crippen LogP contribution in [0.15, 0.2) is 30.7 Å².